The Morgan fingerprint density at radius 2 is 2.29 bits per heavy atom. The van der Waals surface area contributed by atoms with Crippen LogP contribution in [0.3, 0.4) is 0 Å². The van der Waals surface area contributed by atoms with E-state index in [2.05, 4.69) is 47.2 Å². The molecule has 0 aromatic carbocycles. The molecule has 0 bridgehead atoms. The summed E-state index contributed by atoms with van der Waals surface area (Å²) in [6, 6.07) is 2.63. The molecule has 1 N–H and O–H groups in total. The summed E-state index contributed by atoms with van der Waals surface area (Å²) in [5.41, 5.74) is 3.23. The third kappa shape index (κ3) is 2.96. The highest BCUT2D eigenvalue weighted by Crippen LogP contribution is 2.22. The average molecular weight is 249 g/mol. The first kappa shape index (κ1) is 12.3. The molecule has 0 radical (unpaired) electrons. The molecule has 4 heteroatoms. The lowest BCUT2D eigenvalue weighted by Gasteiger charge is -2.18. The molecule has 0 spiro atoms. The lowest BCUT2D eigenvalue weighted by Crippen LogP contribution is -2.21. The van der Waals surface area contributed by atoms with Gasteiger partial charge in [-0.3, -0.25) is 4.98 Å². The van der Waals surface area contributed by atoms with Crippen LogP contribution >= 0.6 is 11.3 Å². The molecular weight excluding hydrogens is 230 g/mol. The van der Waals surface area contributed by atoms with E-state index in [1.54, 1.807) is 11.3 Å². The summed E-state index contributed by atoms with van der Waals surface area (Å²) in [4.78, 5) is 5.39. The van der Waals surface area contributed by atoms with Gasteiger partial charge in [0.25, 0.3) is 0 Å². The second-order valence-corrected chi connectivity index (χ2v) is 5.57. The fourth-order valence-electron chi connectivity index (χ4n) is 2.13. The van der Waals surface area contributed by atoms with Crippen LogP contribution in [0.5, 0.6) is 0 Å². The van der Waals surface area contributed by atoms with E-state index in [1.807, 2.05) is 18.8 Å². The van der Waals surface area contributed by atoms with Gasteiger partial charge in [0, 0.05) is 29.5 Å². The van der Waals surface area contributed by atoms with Crippen molar-refractivity contribution in [1.29, 1.82) is 0 Å². The zero-order chi connectivity index (χ0) is 12.3. The topological polar surface area (TPSA) is 29.9 Å². The Morgan fingerprint density at radius 3 is 2.88 bits per heavy atom. The van der Waals surface area contributed by atoms with Crippen molar-refractivity contribution in [2.24, 2.45) is 5.92 Å². The number of rotatable bonds is 5. The average Bonchev–Trinajstić information content (AvgIpc) is 2.91. The molecule has 2 aromatic heterocycles. The third-order valence-electron chi connectivity index (χ3n) is 2.93. The lowest BCUT2D eigenvalue weighted by molar-refractivity contribution is 0.443. The molecule has 0 fully saturated rings. The Morgan fingerprint density at radius 1 is 1.47 bits per heavy atom. The van der Waals surface area contributed by atoms with Crippen molar-refractivity contribution in [2.45, 2.75) is 26.4 Å². The van der Waals surface area contributed by atoms with Crippen molar-refractivity contribution in [3.8, 4) is 0 Å². The zero-order valence-corrected chi connectivity index (χ0v) is 11.4. The molecule has 0 aliphatic rings. The monoisotopic (exact) mass is 249 g/mol. The van der Waals surface area contributed by atoms with E-state index in [1.165, 1.54) is 10.4 Å². The van der Waals surface area contributed by atoms with Crippen LogP contribution < -0.4 is 5.32 Å². The van der Waals surface area contributed by atoms with Crippen LogP contribution in [0.2, 0.25) is 0 Å². The van der Waals surface area contributed by atoms with Crippen molar-refractivity contribution in [1.82, 2.24) is 14.9 Å². The summed E-state index contributed by atoms with van der Waals surface area (Å²) in [7, 11) is 2.02. The lowest BCUT2D eigenvalue weighted by atomic mass is 9.99. The highest BCUT2D eigenvalue weighted by Gasteiger charge is 2.14. The smallest absolute Gasteiger partial charge is 0.0794 e. The largest absolute Gasteiger partial charge is 0.349 e. The Labute approximate surface area is 107 Å². The molecule has 2 aromatic rings. The molecule has 3 nitrogen and oxygen atoms in total. The summed E-state index contributed by atoms with van der Waals surface area (Å²) in [6.07, 6.45) is 6.30. The molecule has 0 saturated carbocycles. The van der Waals surface area contributed by atoms with Crippen molar-refractivity contribution in [3.05, 3.63) is 40.6 Å². The van der Waals surface area contributed by atoms with Crippen molar-refractivity contribution >= 4 is 11.3 Å². The van der Waals surface area contributed by atoms with E-state index in [0.717, 1.165) is 6.54 Å². The van der Waals surface area contributed by atoms with Crippen LogP contribution in [0.1, 0.15) is 30.3 Å². The standard InChI is InChI=1S/C13H19N3S/c1-10(2)13(14-3)11-4-5-16(7-11)8-12-6-15-9-17-12/h4-7,9-10,13-14H,8H2,1-3H3. The fourth-order valence-corrected chi connectivity index (χ4v) is 2.73. The van der Waals surface area contributed by atoms with Crippen molar-refractivity contribution in [2.75, 3.05) is 7.05 Å². The minimum atomic E-state index is 0.428. The van der Waals surface area contributed by atoms with Crippen molar-refractivity contribution in [3.63, 3.8) is 0 Å². The first-order chi connectivity index (χ1) is 8.20. The maximum atomic E-state index is 4.10. The second-order valence-electron chi connectivity index (χ2n) is 4.60. The van der Waals surface area contributed by atoms with E-state index in [9.17, 15) is 0 Å². The summed E-state index contributed by atoms with van der Waals surface area (Å²) in [6.45, 7) is 5.39. The highest BCUT2D eigenvalue weighted by molar-refractivity contribution is 7.09. The highest BCUT2D eigenvalue weighted by atomic mass is 32.1. The molecule has 0 aliphatic heterocycles. The molecule has 0 saturated heterocycles. The van der Waals surface area contributed by atoms with Gasteiger partial charge in [-0.05, 0) is 24.6 Å². The van der Waals surface area contributed by atoms with Gasteiger partial charge in [0.15, 0.2) is 0 Å². The SMILES string of the molecule is CNC(c1ccn(Cc2cncs2)c1)C(C)C. The Kier molecular flexibility index (Phi) is 3.97. The van der Waals surface area contributed by atoms with Crippen molar-refractivity contribution < 1.29 is 0 Å². The van der Waals surface area contributed by atoms with E-state index in [0.29, 0.717) is 12.0 Å². The Hall–Kier alpha value is -1.13. The summed E-state index contributed by atoms with van der Waals surface area (Å²) >= 11 is 1.70. The number of nitrogens with zero attached hydrogens (tertiary/aromatic N) is 2. The van der Waals surface area contributed by atoms with E-state index >= 15 is 0 Å². The first-order valence-corrected chi connectivity index (χ1v) is 6.79. The van der Waals surface area contributed by atoms with Gasteiger partial charge in [-0.25, -0.2) is 0 Å². The van der Waals surface area contributed by atoms with Gasteiger partial charge in [0.05, 0.1) is 12.1 Å². The third-order valence-corrected chi connectivity index (χ3v) is 3.70. The van der Waals surface area contributed by atoms with Crippen LogP contribution in [-0.4, -0.2) is 16.6 Å². The quantitative estimate of drug-likeness (QED) is 0.883. The van der Waals surface area contributed by atoms with E-state index < -0.39 is 0 Å². The van der Waals surface area contributed by atoms with E-state index in [4.69, 9.17) is 0 Å². The van der Waals surface area contributed by atoms with Gasteiger partial charge in [0.1, 0.15) is 0 Å². The van der Waals surface area contributed by atoms with Gasteiger partial charge in [0.2, 0.25) is 0 Å². The number of hydrogen-bond donors (Lipinski definition) is 1. The zero-order valence-electron chi connectivity index (χ0n) is 10.6. The fraction of sp³-hybridized carbons (Fsp3) is 0.462. The summed E-state index contributed by atoms with van der Waals surface area (Å²) in [5.74, 6) is 0.597. The maximum Gasteiger partial charge on any atom is 0.0794 e. The van der Waals surface area contributed by atoms with Gasteiger partial charge in [-0.2, -0.15) is 0 Å². The molecule has 1 unspecified atom stereocenters. The van der Waals surface area contributed by atoms with Crippen LogP contribution in [-0.2, 0) is 6.54 Å². The minimum Gasteiger partial charge on any atom is -0.349 e. The molecule has 1 atom stereocenters. The molecule has 2 rings (SSSR count). The molecule has 0 amide bonds. The number of thiazole rings is 1. The number of hydrogen-bond acceptors (Lipinski definition) is 3. The molecule has 17 heavy (non-hydrogen) atoms. The van der Waals surface area contributed by atoms with Gasteiger partial charge < -0.3 is 9.88 Å². The Balaban J connectivity index is 2.10. The predicted octanol–water partition coefficient (Wildman–Crippen LogP) is 2.91. The summed E-state index contributed by atoms with van der Waals surface area (Å²) < 4.78 is 2.22. The summed E-state index contributed by atoms with van der Waals surface area (Å²) in [5, 5.41) is 3.37. The van der Waals surface area contributed by atoms with Crippen LogP contribution in [0.4, 0.5) is 0 Å². The molecule has 2 heterocycles. The normalized spacial score (nSPS) is 13.2. The van der Waals surface area contributed by atoms with Gasteiger partial charge >= 0.3 is 0 Å². The Bertz CT molecular complexity index is 445. The maximum absolute atomic E-state index is 4.10. The molecule has 92 valence electrons. The van der Waals surface area contributed by atoms with E-state index in [-0.39, 0.29) is 0 Å². The number of aromatic nitrogens is 2. The van der Waals surface area contributed by atoms with Crippen LogP contribution in [0, 0.1) is 5.92 Å². The first-order valence-electron chi connectivity index (χ1n) is 5.91. The number of nitrogens with one attached hydrogen (secondary N) is 1. The van der Waals surface area contributed by atoms with Gasteiger partial charge in [-0.15, -0.1) is 11.3 Å². The molecule has 0 aliphatic carbocycles. The second kappa shape index (κ2) is 5.47. The van der Waals surface area contributed by atoms with Crippen LogP contribution in [0.15, 0.2) is 30.2 Å². The predicted molar refractivity (Wildman–Crippen MR) is 72.3 cm³/mol. The minimum absolute atomic E-state index is 0.428. The van der Waals surface area contributed by atoms with Crippen LogP contribution in [0.25, 0.3) is 0 Å². The molecular formula is C13H19N3S. The van der Waals surface area contributed by atoms with Gasteiger partial charge in [-0.1, -0.05) is 13.8 Å².